The molecule has 0 bridgehead atoms. The lowest BCUT2D eigenvalue weighted by Gasteiger charge is -2.30. The number of allylic oxidation sites excluding steroid dienone is 1. The monoisotopic (exact) mass is 484 g/mol. The number of nitrogens with zero attached hydrogens (tertiary/aromatic N) is 1. The standard InChI is InChI=1S/C24H22F6N2S/c1-14(2)32-22-17(9-15-5-3-7-18(10-15)23(25,26)27)12-33-13-20(22)21(31-32)16-6-4-8-19(11-16)24(28,29)30/h3-11,14,21,31H,12-13H2,1-2H3/b17-9-. The Morgan fingerprint density at radius 1 is 0.939 bits per heavy atom. The topological polar surface area (TPSA) is 15.3 Å². The molecule has 4 rings (SSSR count). The molecule has 0 saturated carbocycles. The van der Waals surface area contributed by atoms with Crippen molar-refractivity contribution in [2.24, 2.45) is 0 Å². The Bertz CT molecular complexity index is 1100. The fourth-order valence-electron chi connectivity index (χ4n) is 4.12. The van der Waals surface area contributed by atoms with Crippen molar-refractivity contribution in [3.05, 3.63) is 87.6 Å². The molecule has 2 aliphatic heterocycles. The Kier molecular flexibility index (Phi) is 6.30. The van der Waals surface area contributed by atoms with Gasteiger partial charge in [-0.25, -0.2) is 5.43 Å². The summed E-state index contributed by atoms with van der Waals surface area (Å²) >= 11 is 1.59. The maximum Gasteiger partial charge on any atom is 0.416 e. The van der Waals surface area contributed by atoms with E-state index in [1.165, 1.54) is 12.1 Å². The fourth-order valence-corrected chi connectivity index (χ4v) is 5.18. The molecule has 0 radical (unpaired) electrons. The number of hydrogen-bond acceptors (Lipinski definition) is 3. The van der Waals surface area contributed by atoms with Gasteiger partial charge in [-0.1, -0.05) is 24.3 Å². The first-order valence-electron chi connectivity index (χ1n) is 10.4. The largest absolute Gasteiger partial charge is 0.416 e. The van der Waals surface area contributed by atoms with E-state index in [0.29, 0.717) is 22.6 Å². The van der Waals surface area contributed by atoms with Gasteiger partial charge in [0.25, 0.3) is 0 Å². The van der Waals surface area contributed by atoms with Crippen LogP contribution in [0.4, 0.5) is 26.3 Å². The van der Waals surface area contributed by atoms with Crippen LogP contribution in [-0.4, -0.2) is 22.6 Å². The van der Waals surface area contributed by atoms with Crippen LogP contribution in [0, 0.1) is 0 Å². The molecule has 2 heterocycles. The van der Waals surface area contributed by atoms with Gasteiger partial charge in [-0.15, -0.1) is 0 Å². The summed E-state index contributed by atoms with van der Waals surface area (Å²) < 4.78 is 79.3. The maximum absolute atomic E-state index is 13.3. The van der Waals surface area contributed by atoms with E-state index < -0.39 is 29.5 Å². The number of alkyl halides is 6. The predicted octanol–water partition coefficient (Wildman–Crippen LogP) is 7.08. The van der Waals surface area contributed by atoms with Crippen molar-refractivity contribution in [3.63, 3.8) is 0 Å². The highest BCUT2D eigenvalue weighted by Gasteiger charge is 2.38. The Morgan fingerprint density at radius 3 is 2.21 bits per heavy atom. The molecule has 0 aromatic heterocycles. The van der Waals surface area contributed by atoms with Crippen LogP contribution in [-0.2, 0) is 12.4 Å². The van der Waals surface area contributed by atoms with Crippen LogP contribution in [0.3, 0.4) is 0 Å². The predicted molar refractivity (Wildman–Crippen MR) is 118 cm³/mol. The molecule has 2 aromatic rings. The molecular formula is C24H22F6N2S. The van der Waals surface area contributed by atoms with Gasteiger partial charge < -0.3 is 5.01 Å². The zero-order valence-corrected chi connectivity index (χ0v) is 18.7. The number of benzene rings is 2. The highest BCUT2D eigenvalue weighted by Crippen LogP contribution is 2.44. The molecule has 0 saturated heterocycles. The van der Waals surface area contributed by atoms with Gasteiger partial charge in [0.1, 0.15) is 0 Å². The molecule has 0 spiro atoms. The van der Waals surface area contributed by atoms with Crippen molar-refractivity contribution in [1.82, 2.24) is 10.4 Å². The highest BCUT2D eigenvalue weighted by molar-refractivity contribution is 7.99. The maximum atomic E-state index is 13.3. The second kappa shape index (κ2) is 8.76. The third kappa shape index (κ3) is 4.94. The molecule has 1 atom stereocenters. The highest BCUT2D eigenvalue weighted by atomic mass is 32.2. The van der Waals surface area contributed by atoms with Gasteiger partial charge in [0.05, 0.1) is 22.9 Å². The number of rotatable bonds is 3. The number of thioether (sulfide) groups is 1. The summed E-state index contributed by atoms with van der Waals surface area (Å²) in [7, 11) is 0. The van der Waals surface area contributed by atoms with E-state index in [9.17, 15) is 26.3 Å². The molecular weight excluding hydrogens is 462 g/mol. The first kappa shape index (κ1) is 23.8. The van der Waals surface area contributed by atoms with Crippen molar-refractivity contribution < 1.29 is 26.3 Å². The smallest absolute Gasteiger partial charge is 0.305 e. The second-order valence-corrected chi connectivity index (χ2v) is 9.29. The summed E-state index contributed by atoms with van der Waals surface area (Å²) in [6, 6.07) is 9.94. The number of hydrogen-bond donors (Lipinski definition) is 1. The van der Waals surface area contributed by atoms with Gasteiger partial charge in [0, 0.05) is 17.5 Å². The summed E-state index contributed by atoms with van der Waals surface area (Å²) in [5.41, 5.74) is 5.46. The lowest BCUT2D eigenvalue weighted by Crippen LogP contribution is -2.39. The SMILES string of the molecule is CC(C)N1NC(c2cccc(C(F)(F)F)c2)C2=C1/C(=C\c1cccc(C(F)(F)F)c1)CSC2. The molecule has 2 nitrogen and oxygen atoms in total. The minimum Gasteiger partial charge on any atom is -0.305 e. The van der Waals surface area contributed by atoms with Crippen molar-refractivity contribution in [3.8, 4) is 0 Å². The fraction of sp³-hybridized carbons (Fsp3) is 0.333. The minimum absolute atomic E-state index is 0.0150. The molecule has 9 heteroatoms. The Labute approximate surface area is 192 Å². The van der Waals surface area contributed by atoms with E-state index in [2.05, 4.69) is 5.43 Å². The molecule has 1 unspecified atom stereocenters. The van der Waals surface area contributed by atoms with E-state index in [0.717, 1.165) is 41.1 Å². The normalized spacial score (nSPS) is 20.7. The molecule has 0 amide bonds. The summed E-state index contributed by atoms with van der Waals surface area (Å²) in [5, 5.41) is 1.92. The molecule has 2 aromatic carbocycles. The average Bonchev–Trinajstić information content (AvgIpc) is 3.14. The first-order valence-corrected chi connectivity index (χ1v) is 11.5. The van der Waals surface area contributed by atoms with Crippen LogP contribution in [0.5, 0.6) is 0 Å². The summed E-state index contributed by atoms with van der Waals surface area (Å²) in [6.07, 6.45) is -7.14. The van der Waals surface area contributed by atoms with Crippen molar-refractivity contribution in [1.29, 1.82) is 0 Å². The number of nitrogens with one attached hydrogen (secondary N) is 1. The van der Waals surface area contributed by atoms with Gasteiger partial charge in [0.15, 0.2) is 0 Å². The van der Waals surface area contributed by atoms with Crippen LogP contribution >= 0.6 is 11.8 Å². The van der Waals surface area contributed by atoms with Gasteiger partial charge in [-0.2, -0.15) is 38.1 Å². The van der Waals surface area contributed by atoms with Crippen molar-refractivity contribution in [2.75, 3.05) is 11.5 Å². The van der Waals surface area contributed by atoms with E-state index in [4.69, 9.17) is 0 Å². The van der Waals surface area contributed by atoms with E-state index >= 15 is 0 Å². The summed E-state index contributed by atoms with van der Waals surface area (Å²) in [4.78, 5) is 0. The third-order valence-corrected chi connectivity index (χ3v) is 6.63. The molecule has 33 heavy (non-hydrogen) atoms. The third-order valence-electron chi connectivity index (χ3n) is 5.60. The van der Waals surface area contributed by atoms with Gasteiger partial charge in [0.2, 0.25) is 0 Å². The second-order valence-electron chi connectivity index (χ2n) is 8.31. The van der Waals surface area contributed by atoms with Crippen LogP contribution in [0.15, 0.2) is 65.4 Å². The van der Waals surface area contributed by atoms with Gasteiger partial charge >= 0.3 is 12.4 Å². The average molecular weight is 485 g/mol. The molecule has 0 aliphatic carbocycles. The minimum atomic E-state index is -4.45. The van der Waals surface area contributed by atoms with E-state index in [1.807, 2.05) is 18.9 Å². The lowest BCUT2D eigenvalue weighted by atomic mass is 9.95. The van der Waals surface area contributed by atoms with E-state index in [-0.39, 0.29) is 6.04 Å². The number of halogens is 6. The van der Waals surface area contributed by atoms with Gasteiger partial charge in [-0.3, -0.25) is 0 Å². The van der Waals surface area contributed by atoms with Crippen LogP contribution < -0.4 is 5.43 Å². The zero-order valence-electron chi connectivity index (χ0n) is 17.9. The zero-order chi connectivity index (χ0) is 24.0. The summed E-state index contributed by atoms with van der Waals surface area (Å²) in [5.74, 6) is 1.21. The molecule has 2 aliphatic rings. The van der Waals surface area contributed by atoms with Crippen LogP contribution in [0.1, 0.15) is 42.1 Å². The van der Waals surface area contributed by atoms with Crippen LogP contribution in [0.2, 0.25) is 0 Å². The molecule has 1 N–H and O–H groups in total. The molecule has 176 valence electrons. The number of hydrazine groups is 1. The Balaban J connectivity index is 1.77. The lowest BCUT2D eigenvalue weighted by molar-refractivity contribution is -0.138. The van der Waals surface area contributed by atoms with Crippen molar-refractivity contribution >= 4 is 17.8 Å². The van der Waals surface area contributed by atoms with E-state index in [1.54, 1.807) is 30.0 Å². The first-order chi connectivity index (χ1) is 15.4. The van der Waals surface area contributed by atoms with Crippen molar-refractivity contribution in [2.45, 2.75) is 38.3 Å². The Morgan fingerprint density at radius 2 is 1.58 bits per heavy atom. The molecule has 0 fully saturated rings. The quantitative estimate of drug-likeness (QED) is 0.469. The summed E-state index contributed by atoms with van der Waals surface area (Å²) in [6.45, 7) is 3.91. The Hall–Kier alpha value is -2.39. The van der Waals surface area contributed by atoms with Crippen LogP contribution in [0.25, 0.3) is 6.08 Å². The van der Waals surface area contributed by atoms with Gasteiger partial charge in [-0.05, 0) is 66.5 Å².